The van der Waals surface area contributed by atoms with E-state index in [1.54, 1.807) is 35.3 Å². The van der Waals surface area contributed by atoms with Gasteiger partial charge in [-0.1, -0.05) is 61.9 Å². The number of amides is 4. The number of aromatic nitrogens is 5. The van der Waals surface area contributed by atoms with Gasteiger partial charge in [-0.25, -0.2) is 19.6 Å². The van der Waals surface area contributed by atoms with Crippen molar-refractivity contribution in [1.29, 1.82) is 0 Å². The molecule has 15 nitrogen and oxygen atoms in total. The molecule has 316 valence electrons. The van der Waals surface area contributed by atoms with E-state index in [9.17, 15) is 19.2 Å². The Hall–Kier alpha value is -6.77. The average Bonchev–Trinajstić information content (AvgIpc) is 3.91. The molecule has 60 heavy (non-hydrogen) atoms. The van der Waals surface area contributed by atoms with Crippen LogP contribution >= 0.6 is 0 Å². The molecule has 15 heteroatoms. The van der Waals surface area contributed by atoms with E-state index >= 15 is 0 Å². The first-order chi connectivity index (χ1) is 29.0. The van der Waals surface area contributed by atoms with Crippen LogP contribution in [0, 0.1) is 6.92 Å². The van der Waals surface area contributed by atoms with E-state index in [0.717, 1.165) is 68.5 Å². The lowest BCUT2D eigenvalue weighted by molar-refractivity contribution is -0.131. The number of imidazole rings is 2. The van der Waals surface area contributed by atoms with Crippen molar-refractivity contribution in [3.63, 3.8) is 0 Å². The number of benzene rings is 2. The molecule has 5 rings (SSSR count). The van der Waals surface area contributed by atoms with E-state index in [2.05, 4.69) is 98.6 Å². The van der Waals surface area contributed by atoms with Crippen molar-refractivity contribution >= 4 is 41.0 Å². The maximum atomic E-state index is 13.0. The number of hydrogen-bond donors (Lipinski definition) is 4. The predicted octanol–water partition coefficient (Wildman–Crippen LogP) is 7.55. The summed E-state index contributed by atoms with van der Waals surface area (Å²) in [5.74, 6) is 0.761. The van der Waals surface area contributed by atoms with Gasteiger partial charge in [0.1, 0.15) is 24.7 Å². The normalized spacial score (nSPS) is 11.1. The quantitative estimate of drug-likeness (QED) is 0.0648. The van der Waals surface area contributed by atoms with E-state index in [0.29, 0.717) is 24.7 Å². The number of fused-ring (bicyclic) bond motifs is 1. The first-order valence-electron chi connectivity index (χ1n) is 20.2. The summed E-state index contributed by atoms with van der Waals surface area (Å²) in [6.45, 7) is 13.3. The van der Waals surface area contributed by atoms with E-state index in [1.807, 2.05) is 26.0 Å². The molecule has 0 spiro atoms. The van der Waals surface area contributed by atoms with Gasteiger partial charge in [0.25, 0.3) is 0 Å². The minimum atomic E-state index is -0.665. The number of H-pyrrole nitrogens is 2. The Bertz CT molecular complexity index is 2360. The summed E-state index contributed by atoms with van der Waals surface area (Å²) in [5, 5.41) is 5.92. The highest BCUT2D eigenvalue weighted by Crippen LogP contribution is 2.39. The van der Waals surface area contributed by atoms with Gasteiger partial charge in [0.05, 0.1) is 56.1 Å². The van der Waals surface area contributed by atoms with E-state index in [4.69, 9.17) is 9.72 Å². The zero-order valence-electron chi connectivity index (χ0n) is 35.5. The molecule has 3 heterocycles. The van der Waals surface area contributed by atoms with Gasteiger partial charge in [0.15, 0.2) is 0 Å². The van der Waals surface area contributed by atoms with E-state index in [1.165, 1.54) is 12.7 Å². The SMILES string of the molecule is CCCN(Cc1ncc(-c2ccc(-c3ccc(-c4cnc(CN(CCC)C(=O)CNC(=O)OC)[nH]4)c4ncccc34)c(/C=C\C=C(C)C)c2C)[nH]1)C(=O)CNC(=O)OCC. The van der Waals surface area contributed by atoms with Gasteiger partial charge >= 0.3 is 12.2 Å². The van der Waals surface area contributed by atoms with Crippen molar-refractivity contribution in [2.45, 2.75) is 67.5 Å². The number of nitrogens with one attached hydrogen (secondary N) is 4. The van der Waals surface area contributed by atoms with Crippen molar-refractivity contribution in [2.75, 3.05) is 39.9 Å². The minimum absolute atomic E-state index is 0.165. The monoisotopic (exact) mass is 817 g/mol. The molecule has 0 saturated heterocycles. The van der Waals surface area contributed by atoms with Gasteiger partial charge in [-0.15, -0.1) is 0 Å². The van der Waals surface area contributed by atoms with Crippen LogP contribution in [0.15, 0.2) is 72.7 Å². The van der Waals surface area contributed by atoms with E-state index < -0.39 is 12.2 Å². The number of allylic oxidation sites excluding steroid dienone is 3. The largest absolute Gasteiger partial charge is 0.453 e. The van der Waals surface area contributed by atoms with Crippen LogP contribution in [0.1, 0.15) is 70.2 Å². The highest BCUT2D eigenvalue weighted by Gasteiger charge is 2.21. The molecule has 0 bridgehead atoms. The summed E-state index contributed by atoms with van der Waals surface area (Å²) in [4.78, 5) is 73.6. The lowest BCUT2D eigenvalue weighted by atomic mass is 9.88. The van der Waals surface area contributed by atoms with Gasteiger partial charge in [-0.2, -0.15) is 0 Å². The van der Waals surface area contributed by atoms with Crippen LogP contribution in [0.2, 0.25) is 0 Å². The summed E-state index contributed by atoms with van der Waals surface area (Å²) in [6, 6.07) is 12.3. The molecular weight excluding hydrogens is 763 g/mol. The summed E-state index contributed by atoms with van der Waals surface area (Å²) in [6.07, 6.45) is 11.8. The number of aromatic amines is 2. The predicted molar refractivity (Wildman–Crippen MR) is 232 cm³/mol. The molecule has 0 saturated carbocycles. The first-order valence-corrected chi connectivity index (χ1v) is 20.2. The lowest BCUT2D eigenvalue weighted by Gasteiger charge is -2.21. The Morgan fingerprint density at radius 1 is 0.750 bits per heavy atom. The Morgan fingerprint density at radius 2 is 1.32 bits per heavy atom. The second-order valence-electron chi connectivity index (χ2n) is 14.4. The molecule has 3 aromatic heterocycles. The van der Waals surface area contributed by atoms with E-state index in [-0.39, 0.29) is 44.6 Å². The second kappa shape index (κ2) is 21.3. The Kier molecular flexibility index (Phi) is 15.7. The number of methoxy groups -OCH3 is 1. The third-order valence-corrected chi connectivity index (χ3v) is 9.71. The molecule has 0 atom stereocenters. The summed E-state index contributed by atoms with van der Waals surface area (Å²) < 4.78 is 9.51. The lowest BCUT2D eigenvalue weighted by Crippen LogP contribution is -2.40. The number of nitrogens with zero attached hydrogens (tertiary/aromatic N) is 5. The number of alkyl carbamates (subject to hydrolysis) is 2. The summed E-state index contributed by atoms with van der Waals surface area (Å²) in [5.41, 5.74) is 9.44. The zero-order valence-corrected chi connectivity index (χ0v) is 35.5. The summed E-state index contributed by atoms with van der Waals surface area (Å²) in [7, 11) is 1.25. The second-order valence-corrected chi connectivity index (χ2v) is 14.4. The molecule has 0 unspecified atom stereocenters. The number of carbonyl (C=O) groups is 4. The van der Waals surface area contributed by atoms with Gasteiger partial charge < -0.3 is 39.9 Å². The van der Waals surface area contributed by atoms with Crippen LogP contribution in [0.4, 0.5) is 9.59 Å². The average molecular weight is 818 g/mol. The van der Waals surface area contributed by atoms with Crippen LogP contribution in [-0.2, 0) is 32.2 Å². The standard InChI is InChI=1S/C45H55N9O6/c1-8-21-53(41(55)25-49-44(57)59-7)28-40-48-24-38(52-40)36-19-18-34(35-15-12-20-46-43(35)36)33-17-16-32(30(6)31(33)14-11-13-29(4)5)37-23-47-39(51-37)27-54(22-9-2)42(56)26-50-45(58)60-10-3/h11-20,23-24H,8-10,21-22,25-28H2,1-7H3,(H,47,51)(H,48,52)(H,49,57)(H,50,58)/b14-11-. The summed E-state index contributed by atoms with van der Waals surface area (Å²) >= 11 is 0. The minimum Gasteiger partial charge on any atom is -0.453 e. The Balaban J connectivity index is 1.47. The number of pyridine rings is 1. The van der Waals surface area contributed by atoms with Crippen LogP contribution < -0.4 is 10.6 Å². The maximum Gasteiger partial charge on any atom is 0.407 e. The third-order valence-electron chi connectivity index (χ3n) is 9.71. The van der Waals surface area contributed by atoms with Crippen LogP contribution in [0.3, 0.4) is 0 Å². The number of hydrogen-bond acceptors (Lipinski definition) is 9. The molecular formula is C45H55N9O6. The molecule has 0 fully saturated rings. The molecule has 5 aromatic rings. The molecule has 0 aliphatic heterocycles. The molecule has 2 aromatic carbocycles. The van der Waals surface area contributed by atoms with Crippen molar-refractivity contribution in [2.24, 2.45) is 0 Å². The Labute approximate surface area is 350 Å². The molecule has 4 amide bonds. The Morgan fingerprint density at radius 3 is 1.90 bits per heavy atom. The van der Waals surface area contributed by atoms with Crippen LogP contribution in [0.25, 0.3) is 50.6 Å². The smallest absolute Gasteiger partial charge is 0.407 e. The van der Waals surface area contributed by atoms with Gasteiger partial charge in [-0.05, 0) is 74.9 Å². The van der Waals surface area contributed by atoms with Gasteiger partial charge in [0, 0.05) is 35.8 Å². The molecule has 0 radical (unpaired) electrons. The van der Waals surface area contributed by atoms with Crippen molar-refractivity contribution in [3.05, 3.63) is 95.5 Å². The van der Waals surface area contributed by atoms with Crippen molar-refractivity contribution in [1.82, 2.24) is 45.4 Å². The highest BCUT2D eigenvalue weighted by atomic mass is 16.5. The molecule has 0 aliphatic rings. The maximum absolute atomic E-state index is 13.0. The van der Waals surface area contributed by atoms with Crippen LogP contribution in [0.5, 0.6) is 0 Å². The molecule has 4 N–H and O–H groups in total. The van der Waals surface area contributed by atoms with Crippen molar-refractivity contribution in [3.8, 4) is 33.6 Å². The fraction of sp³-hybridized carbons (Fsp3) is 0.356. The van der Waals surface area contributed by atoms with Gasteiger partial charge in [-0.3, -0.25) is 14.6 Å². The van der Waals surface area contributed by atoms with Crippen LogP contribution in [-0.4, -0.2) is 98.6 Å². The fourth-order valence-electron chi connectivity index (χ4n) is 6.85. The van der Waals surface area contributed by atoms with Gasteiger partial charge in [0.2, 0.25) is 11.8 Å². The number of rotatable bonds is 18. The highest BCUT2D eigenvalue weighted by molar-refractivity contribution is 6.04. The topological polar surface area (TPSA) is 188 Å². The number of ether oxygens (including phenoxy) is 2. The fourth-order valence-corrected chi connectivity index (χ4v) is 6.85. The van der Waals surface area contributed by atoms with Crippen molar-refractivity contribution < 1.29 is 28.7 Å². The number of carbonyl (C=O) groups excluding carboxylic acids is 4. The third kappa shape index (κ3) is 11.2. The molecule has 0 aliphatic carbocycles. The zero-order chi connectivity index (χ0) is 43.2. The first kappa shape index (κ1) is 44.3.